The maximum absolute atomic E-state index is 12.8. The molecule has 31 heavy (non-hydrogen) atoms. The van der Waals surface area contributed by atoms with Gasteiger partial charge < -0.3 is 15.0 Å². The van der Waals surface area contributed by atoms with E-state index in [4.69, 9.17) is 4.74 Å². The monoisotopic (exact) mass is 424 g/mol. The normalized spacial score (nSPS) is 40.2. The minimum atomic E-state index is 0.0752. The second kappa shape index (κ2) is 8.71. The average Bonchev–Trinajstić information content (AvgIpc) is 3.06. The fraction of sp³-hybridized carbons (Fsp3) is 0.667. The smallest absolute Gasteiger partial charge is 0.315 e. The first-order chi connectivity index (χ1) is 15.0. The third-order valence-corrected chi connectivity index (χ3v) is 9.08. The van der Waals surface area contributed by atoms with Gasteiger partial charge in [0.1, 0.15) is 18.6 Å². The maximum Gasteiger partial charge on any atom is 0.315 e. The van der Waals surface area contributed by atoms with Gasteiger partial charge in [-0.2, -0.15) is 0 Å². The molecule has 4 nitrogen and oxygen atoms in total. The van der Waals surface area contributed by atoms with E-state index in [-0.39, 0.29) is 18.0 Å². The third kappa shape index (κ3) is 4.34. The van der Waals surface area contributed by atoms with E-state index in [9.17, 15) is 4.79 Å². The van der Waals surface area contributed by atoms with E-state index in [1.54, 1.807) is 4.90 Å². The predicted molar refractivity (Wildman–Crippen MR) is 121 cm³/mol. The summed E-state index contributed by atoms with van der Waals surface area (Å²) in [5.74, 6) is 1.15. The van der Waals surface area contributed by atoms with Crippen molar-refractivity contribution in [2.75, 3.05) is 19.6 Å². The van der Waals surface area contributed by atoms with Gasteiger partial charge >= 0.3 is 5.97 Å². The summed E-state index contributed by atoms with van der Waals surface area (Å²) >= 11 is 0. The second-order valence-corrected chi connectivity index (χ2v) is 11.1. The van der Waals surface area contributed by atoms with Crippen LogP contribution < -0.4 is 10.2 Å². The number of hydrogen-bond donors (Lipinski definition) is 2. The molecule has 0 bridgehead atoms. The van der Waals surface area contributed by atoms with Gasteiger partial charge in [0, 0.05) is 24.3 Å². The minimum Gasteiger partial charge on any atom is -0.462 e. The van der Waals surface area contributed by atoms with Crippen LogP contribution in [0.25, 0.3) is 0 Å². The number of nitrogens with one attached hydrogen (secondary N) is 1. The molecule has 0 radical (unpaired) electrons. The Morgan fingerprint density at radius 1 is 1.23 bits per heavy atom. The van der Waals surface area contributed by atoms with E-state index in [0.717, 1.165) is 25.9 Å². The number of hydrogen-bond acceptors (Lipinski definition) is 2. The summed E-state index contributed by atoms with van der Waals surface area (Å²) in [6.07, 6.45) is 8.49. The zero-order valence-electron chi connectivity index (χ0n) is 19.2. The number of rotatable bonds is 5. The van der Waals surface area contributed by atoms with Gasteiger partial charge in [-0.15, -0.1) is 0 Å². The Morgan fingerprint density at radius 2 is 2.00 bits per heavy atom. The molecule has 168 valence electrons. The number of allylic oxidation sites excluding steroid dienone is 1. The number of fused-ring (bicyclic) bond motifs is 2. The van der Waals surface area contributed by atoms with Crippen LogP contribution >= 0.6 is 0 Å². The van der Waals surface area contributed by atoms with Crippen LogP contribution in [0.4, 0.5) is 0 Å². The van der Waals surface area contributed by atoms with Crippen LogP contribution in [0.2, 0.25) is 0 Å². The molecule has 5 rings (SSSR count). The maximum atomic E-state index is 12.8. The highest BCUT2D eigenvalue weighted by Crippen LogP contribution is 2.56. The topological polar surface area (TPSA) is 47.3 Å². The molecule has 0 spiro atoms. The van der Waals surface area contributed by atoms with Crippen molar-refractivity contribution in [3.05, 3.63) is 48.0 Å². The van der Waals surface area contributed by atoms with Crippen LogP contribution in [-0.4, -0.2) is 37.7 Å². The molecule has 4 heteroatoms. The Balaban J connectivity index is 1.13. The molecule has 0 amide bonds. The van der Waals surface area contributed by atoms with Crippen LogP contribution in [0.5, 0.6) is 0 Å². The summed E-state index contributed by atoms with van der Waals surface area (Å²) in [6, 6.07) is 11.5. The zero-order valence-corrected chi connectivity index (χ0v) is 19.2. The molecule has 1 aromatic carbocycles. The predicted octanol–water partition coefficient (Wildman–Crippen LogP) is 2.11. The number of esters is 1. The van der Waals surface area contributed by atoms with E-state index < -0.39 is 0 Å². The highest BCUT2D eigenvalue weighted by atomic mass is 16.6. The number of carbonyl (C=O) groups excluding carboxylic acids is 1. The van der Waals surface area contributed by atoms with Crippen molar-refractivity contribution in [3.63, 3.8) is 0 Å². The molecule has 4 aliphatic rings. The molecular formula is C27H40N2O2+2. The van der Waals surface area contributed by atoms with Gasteiger partial charge in [0.2, 0.25) is 0 Å². The van der Waals surface area contributed by atoms with Gasteiger partial charge in [-0.1, -0.05) is 49.4 Å². The summed E-state index contributed by atoms with van der Waals surface area (Å²) in [5.41, 5.74) is 3.17. The largest absolute Gasteiger partial charge is 0.462 e. The zero-order chi connectivity index (χ0) is 21.4. The van der Waals surface area contributed by atoms with Gasteiger partial charge in [-0.3, -0.25) is 4.79 Å². The van der Waals surface area contributed by atoms with Crippen molar-refractivity contribution in [2.45, 2.75) is 70.6 Å². The van der Waals surface area contributed by atoms with Gasteiger partial charge in [0.25, 0.3) is 0 Å². The molecule has 5 atom stereocenters. The molecule has 1 aromatic rings. The van der Waals surface area contributed by atoms with E-state index in [1.807, 2.05) is 0 Å². The lowest BCUT2D eigenvalue weighted by Gasteiger charge is -2.49. The molecule has 2 aliphatic heterocycles. The van der Waals surface area contributed by atoms with Crippen molar-refractivity contribution >= 4 is 5.97 Å². The van der Waals surface area contributed by atoms with Crippen LogP contribution in [0.1, 0.15) is 57.4 Å². The first-order valence-corrected chi connectivity index (χ1v) is 12.6. The summed E-state index contributed by atoms with van der Waals surface area (Å²) in [6.45, 7) is 11.4. The summed E-state index contributed by atoms with van der Waals surface area (Å²) in [5, 5.41) is 2.48. The Morgan fingerprint density at radius 3 is 2.77 bits per heavy atom. The van der Waals surface area contributed by atoms with Crippen molar-refractivity contribution in [1.29, 1.82) is 0 Å². The Labute approximate surface area is 187 Å². The van der Waals surface area contributed by atoms with Crippen LogP contribution in [0.15, 0.2) is 42.5 Å². The first-order valence-electron chi connectivity index (χ1n) is 12.6. The number of piperidine rings is 1. The van der Waals surface area contributed by atoms with Gasteiger partial charge in [0.05, 0.1) is 25.7 Å². The Bertz CT molecular complexity index is 801. The van der Waals surface area contributed by atoms with E-state index in [1.165, 1.54) is 56.3 Å². The van der Waals surface area contributed by atoms with Crippen LogP contribution in [0.3, 0.4) is 0 Å². The summed E-state index contributed by atoms with van der Waals surface area (Å²) in [7, 11) is 0. The first kappa shape index (κ1) is 21.2. The Kier molecular flexibility index (Phi) is 5.96. The molecule has 0 unspecified atom stereocenters. The van der Waals surface area contributed by atoms with Crippen molar-refractivity contribution in [3.8, 4) is 0 Å². The van der Waals surface area contributed by atoms with Crippen molar-refractivity contribution in [1.82, 2.24) is 0 Å². The molecule has 2 saturated heterocycles. The minimum absolute atomic E-state index is 0.0752. The second-order valence-electron chi connectivity index (χ2n) is 11.1. The third-order valence-electron chi connectivity index (χ3n) is 9.08. The molecular weight excluding hydrogens is 384 g/mol. The summed E-state index contributed by atoms with van der Waals surface area (Å²) in [4.78, 5) is 14.5. The number of ether oxygens (including phenoxy) is 1. The van der Waals surface area contributed by atoms with E-state index in [0.29, 0.717) is 23.3 Å². The van der Waals surface area contributed by atoms with Gasteiger partial charge in [0.15, 0.2) is 0 Å². The lowest BCUT2D eigenvalue weighted by atomic mass is 9.55. The number of benzene rings is 1. The molecule has 2 saturated carbocycles. The van der Waals surface area contributed by atoms with Crippen LogP contribution in [0, 0.1) is 23.2 Å². The molecule has 4 fully saturated rings. The fourth-order valence-corrected chi connectivity index (χ4v) is 7.21. The number of quaternary nitrogens is 2. The lowest BCUT2D eigenvalue weighted by Crippen LogP contribution is -3.13. The molecule has 2 heterocycles. The van der Waals surface area contributed by atoms with Crippen molar-refractivity contribution < 1.29 is 19.7 Å². The fourth-order valence-electron chi connectivity index (χ4n) is 7.21. The highest BCUT2D eigenvalue weighted by Gasteiger charge is 2.55. The molecule has 0 aromatic heterocycles. The van der Waals surface area contributed by atoms with Gasteiger partial charge in [-0.05, 0) is 43.4 Å². The standard InChI is InChI=1S/C27H38N2O2/c1-19-7-6-12-27(2)16-25-22(15-24(19)27)23(26(30)31-25)17-28-21-10-13-29(14-11-21)18-20-8-4-3-5-9-20/h3-5,8-9,21-25,28H,1,6-7,10-18H2,2H3/p+2/t22-,23+,24-,25-,27-/m1/s1. The van der Waals surface area contributed by atoms with Gasteiger partial charge in [-0.25, -0.2) is 0 Å². The van der Waals surface area contributed by atoms with Crippen LogP contribution in [-0.2, 0) is 16.1 Å². The highest BCUT2D eigenvalue weighted by molar-refractivity contribution is 5.75. The molecule has 2 aliphatic carbocycles. The summed E-state index contributed by atoms with van der Waals surface area (Å²) < 4.78 is 5.96. The quantitative estimate of drug-likeness (QED) is 0.562. The van der Waals surface area contributed by atoms with E-state index >= 15 is 0 Å². The average molecular weight is 425 g/mol. The number of nitrogens with two attached hydrogens (primary N) is 1. The lowest BCUT2D eigenvalue weighted by molar-refractivity contribution is -0.926. The SMILES string of the molecule is C=C1CCC[C@]2(C)C[C@H]3OC(=O)[C@@H](C[NH2+]C4CC[NH+](Cc5ccccc5)CC4)[C@H]3C[C@H]12. The molecule has 3 N–H and O–H groups in total. The number of likely N-dealkylation sites (tertiary alicyclic amines) is 1. The van der Waals surface area contributed by atoms with E-state index in [2.05, 4.69) is 49.2 Å². The Hall–Kier alpha value is -1.65. The van der Waals surface area contributed by atoms with Crippen molar-refractivity contribution in [2.24, 2.45) is 23.2 Å². The number of carbonyl (C=O) groups is 1.